The average molecular weight is 385 g/mol. The molecule has 0 saturated carbocycles. The van der Waals surface area contributed by atoms with Crippen molar-refractivity contribution < 1.29 is 9.53 Å². The summed E-state index contributed by atoms with van der Waals surface area (Å²) in [5.74, 6) is 1.17. The van der Waals surface area contributed by atoms with Gasteiger partial charge in [-0.15, -0.1) is 5.10 Å². The molecule has 3 aromatic rings. The zero-order valence-corrected chi connectivity index (χ0v) is 16.7. The number of amides is 1. The Hall–Kier alpha value is -2.61. The molecule has 0 aliphatic carbocycles. The fourth-order valence-electron chi connectivity index (χ4n) is 2.70. The minimum Gasteiger partial charge on any atom is -0.497 e. The number of benzene rings is 2. The molecule has 0 spiro atoms. The Morgan fingerprint density at radius 3 is 2.70 bits per heavy atom. The summed E-state index contributed by atoms with van der Waals surface area (Å²) < 4.78 is 6.98. The molecule has 0 aliphatic heterocycles. The van der Waals surface area contributed by atoms with Crippen LogP contribution in [-0.4, -0.2) is 50.9 Å². The number of tetrazole rings is 1. The third-order valence-electron chi connectivity index (χ3n) is 4.23. The van der Waals surface area contributed by atoms with Gasteiger partial charge >= 0.3 is 0 Å². The molecule has 0 unspecified atom stereocenters. The molecule has 0 radical (unpaired) electrons. The van der Waals surface area contributed by atoms with Gasteiger partial charge in [-0.25, -0.2) is 4.68 Å². The van der Waals surface area contributed by atoms with E-state index in [0.717, 1.165) is 22.1 Å². The molecule has 142 valence electrons. The second kappa shape index (κ2) is 8.39. The Kier molecular flexibility index (Phi) is 5.95. The first-order chi connectivity index (χ1) is 13.0. The zero-order valence-electron chi connectivity index (χ0n) is 15.9. The first kappa shape index (κ1) is 19.2. The highest BCUT2D eigenvalue weighted by Gasteiger charge is 2.15. The summed E-state index contributed by atoms with van der Waals surface area (Å²) in [4.78, 5) is 14.2. The van der Waals surface area contributed by atoms with Crippen LogP contribution in [0.25, 0.3) is 10.8 Å². The van der Waals surface area contributed by atoms with E-state index in [0.29, 0.717) is 17.5 Å². The zero-order chi connectivity index (χ0) is 19.4. The van der Waals surface area contributed by atoms with E-state index in [1.54, 1.807) is 16.7 Å². The molecule has 0 aliphatic rings. The second-order valence-electron chi connectivity index (χ2n) is 6.59. The number of aromatic nitrogens is 4. The summed E-state index contributed by atoms with van der Waals surface area (Å²) in [6.07, 6.45) is 0. The summed E-state index contributed by atoms with van der Waals surface area (Å²) in [5, 5.41) is 14.5. The van der Waals surface area contributed by atoms with E-state index in [-0.39, 0.29) is 11.9 Å². The number of hydrogen-bond acceptors (Lipinski definition) is 6. The molecule has 1 amide bonds. The fourth-order valence-corrected chi connectivity index (χ4v) is 3.65. The third kappa shape index (κ3) is 4.57. The molecule has 8 heteroatoms. The van der Waals surface area contributed by atoms with E-state index < -0.39 is 0 Å². The quantitative estimate of drug-likeness (QED) is 0.582. The number of ether oxygens (including phenoxy) is 1. The topological polar surface area (TPSA) is 73.1 Å². The van der Waals surface area contributed by atoms with E-state index in [9.17, 15) is 4.79 Å². The van der Waals surface area contributed by atoms with Gasteiger partial charge in [0.2, 0.25) is 11.1 Å². The number of fused-ring (bicyclic) bond motifs is 1. The van der Waals surface area contributed by atoms with Gasteiger partial charge in [-0.3, -0.25) is 4.79 Å². The van der Waals surface area contributed by atoms with Gasteiger partial charge in [0.15, 0.2) is 0 Å². The van der Waals surface area contributed by atoms with Crippen LogP contribution in [0.15, 0.2) is 41.6 Å². The lowest BCUT2D eigenvalue weighted by Crippen LogP contribution is -2.28. The lowest BCUT2D eigenvalue weighted by molar-refractivity contribution is -0.127. The lowest BCUT2D eigenvalue weighted by Gasteiger charge is -2.17. The van der Waals surface area contributed by atoms with Crippen LogP contribution in [0.5, 0.6) is 5.75 Å². The molecule has 1 heterocycles. The Morgan fingerprint density at radius 1 is 1.22 bits per heavy atom. The summed E-state index contributed by atoms with van der Waals surface area (Å²) in [6, 6.07) is 12.3. The molecular weight excluding hydrogens is 362 g/mol. The monoisotopic (exact) mass is 385 g/mol. The molecular formula is C19H23N5O2S. The molecule has 7 nitrogen and oxygen atoms in total. The largest absolute Gasteiger partial charge is 0.497 e. The van der Waals surface area contributed by atoms with Gasteiger partial charge in [-0.05, 0) is 58.8 Å². The third-order valence-corrected chi connectivity index (χ3v) is 5.15. The molecule has 0 N–H and O–H groups in total. The molecule has 0 fully saturated rings. The number of nitrogens with zero attached hydrogens (tertiary/aromatic N) is 5. The highest BCUT2D eigenvalue weighted by atomic mass is 32.2. The maximum absolute atomic E-state index is 12.5. The standard InChI is InChI=1S/C19H23N5O2S/c1-13(2)24-19(20-21-22-24)27-12-18(25)23(3)11-14-5-6-16-10-17(26-4)8-7-15(16)9-14/h5-10,13H,11-12H2,1-4H3. The number of rotatable bonds is 7. The highest BCUT2D eigenvalue weighted by molar-refractivity contribution is 7.99. The molecule has 1 aromatic heterocycles. The average Bonchev–Trinajstić information content (AvgIpc) is 3.14. The van der Waals surface area contributed by atoms with Crippen LogP contribution < -0.4 is 4.74 Å². The van der Waals surface area contributed by atoms with Gasteiger partial charge in [0, 0.05) is 13.6 Å². The van der Waals surface area contributed by atoms with Crippen molar-refractivity contribution in [1.29, 1.82) is 0 Å². The van der Waals surface area contributed by atoms with Crippen molar-refractivity contribution in [2.45, 2.75) is 31.6 Å². The van der Waals surface area contributed by atoms with Crippen LogP contribution in [0.1, 0.15) is 25.5 Å². The normalized spacial score (nSPS) is 11.1. The van der Waals surface area contributed by atoms with Crippen LogP contribution in [0, 0.1) is 0 Å². The van der Waals surface area contributed by atoms with Crippen molar-refractivity contribution >= 4 is 28.4 Å². The molecule has 2 aromatic carbocycles. The SMILES string of the molecule is COc1ccc2cc(CN(C)C(=O)CSc3nnnn3C(C)C)ccc2c1. The van der Waals surface area contributed by atoms with Crippen molar-refractivity contribution in [3.63, 3.8) is 0 Å². The Bertz CT molecular complexity index is 941. The Morgan fingerprint density at radius 2 is 1.96 bits per heavy atom. The van der Waals surface area contributed by atoms with Crippen molar-refractivity contribution in [1.82, 2.24) is 25.1 Å². The van der Waals surface area contributed by atoms with Crippen LogP contribution in [0.4, 0.5) is 0 Å². The summed E-state index contributed by atoms with van der Waals surface area (Å²) in [6.45, 7) is 4.56. The van der Waals surface area contributed by atoms with Crippen LogP contribution in [0.2, 0.25) is 0 Å². The predicted octanol–water partition coefficient (Wildman–Crippen LogP) is 3.17. The van der Waals surface area contributed by atoms with Gasteiger partial charge in [-0.1, -0.05) is 30.0 Å². The number of carbonyl (C=O) groups is 1. The molecule has 0 atom stereocenters. The molecule has 3 rings (SSSR count). The van der Waals surface area contributed by atoms with Crippen LogP contribution in [-0.2, 0) is 11.3 Å². The summed E-state index contributed by atoms with van der Waals surface area (Å²) in [5.41, 5.74) is 1.08. The number of thioether (sulfide) groups is 1. The van der Waals surface area contributed by atoms with E-state index in [2.05, 4.69) is 27.7 Å². The second-order valence-corrected chi connectivity index (χ2v) is 7.53. The van der Waals surface area contributed by atoms with Crippen molar-refractivity contribution in [3.8, 4) is 5.75 Å². The Labute approximate surface area is 162 Å². The van der Waals surface area contributed by atoms with Crippen LogP contribution >= 0.6 is 11.8 Å². The van der Waals surface area contributed by atoms with Crippen LogP contribution in [0.3, 0.4) is 0 Å². The van der Waals surface area contributed by atoms with E-state index >= 15 is 0 Å². The summed E-state index contributed by atoms with van der Waals surface area (Å²) >= 11 is 1.36. The van der Waals surface area contributed by atoms with E-state index in [1.807, 2.05) is 45.2 Å². The van der Waals surface area contributed by atoms with Gasteiger partial charge in [0.05, 0.1) is 18.9 Å². The van der Waals surface area contributed by atoms with E-state index in [1.165, 1.54) is 11.8 Å². The van der Waals surface area contributed by atoms with Gasteiger partial charge < -0.3 is 9.64 Å². The van der Waals surface area contributed by atoms with Gasteiger partial charge in [0.1, 0.15) is 5.75 Å². The van der Waals surface area contributed by atoms with Crippen molar-refractivity contribution in [2.75, 3.05) is 19.9 Å². The number of methoxy groups -OCH3 is 1. The fraction of sp³-hybridized carbons (Fsp3) is 0.368. The molecule has 0 bridgehead atoms. The number of carbonyl (C=O) groups excluding carboxylic acids is 1. The van der Waals surface area contributed by atoms with Gasteiger partial charge in [-0.2, -0.15) is 0 Å². The minimum atomic E-state index is 0.0353. The Balaban J connectivity index is 1.62. The van der Waals surface area contributed by atoms with Crippen molar-refractivity contribution in [3.05, 3.63) is 42.0 Å². The summed E-state index contributed by atoms with van der Waals surface area (Å²) in [7, 11) is 3.47. The lowest BCUT2D eigenvalue weighted by atomic mass is 10.1. The predicted molar refractivity (Wildman–Crippen MR) is 106 cm³/mol. The maximum atomic E-state index is 12.5. The molecule has 0 saturated heterocycles. The maximum Gasteiger partial charge on any atom is 0.233 e. The molecule has 27 heavy (non-hydrogen) atoms. The minimum absolute atomic E-state index is 0.0353. The smallest absolute Gasteiger partial charge is 0.233 e. The van der Waals surface area contributed by atoms with E-state index in [4.69, 9.17) is 4.74 Å². The first-order valence-corrected chi connectivity index (χ1v) is 9.68. The van der Waals surface area contributed by atoms with Crippen molar-refractivity contribution in [2.24, 2.45) is 0 Å². The highest BCUT2D eigenvalue weighted by Crippen LogP contribution is 2.23. The first-order valence-electron chi connectivity index (χ1n) is 8.69. The number of hydrogen-bond donors (Lipinski definition) is 0. The van der Waals surface area contributed by atoms with Gasteiger partial charge in [0.25, 0.3) is 0 Å².